The van der Waals surface area contributed by atoms with Crippen molar-refractivity contribution in [3.63, 3.8) is 0 Å². The van der Waals surface area contributed by atoms with Crippen LogP contribution in [0.2, 0.25) is 0 Å². The highest BCUT2D eigenvalue weighted by Crippen LogP contribution is 2.35. The first-order valence-electron chi connectivity index (χ1n) is 7.25. The van der Waals surface area contributed by atoms with Gasteiger partial charge in [0.2, 0.25) is 11.2 Å². The highest BCUT2D eigenvalue weighted by Gasteiger charge is 2.17. The maximum atomic E-state index is 12.3. The second kappa shape index (κ2) is 5.03. The van der Waals surface area contributed by atoms with E-state index < -0.39 is 22.7 Å². The van der Waals surface area contributed by atoms with Crippen molar-refractivity contribution in [2.24, 2.45) is 0 Å². The van der Waals surface area contributed by atoms with Crippen LogP contribution in [0.4, 0.5) is 0 Å². The minimum absolute atomic E-state index is 0.00709. The number of phenols is 2. The van der Waals surface area contributed by atoms with Gasteiger partial charge >= 0.3 is 0 Å². The molecule has 0 radical (unpaired) electrons. The van der Waals surface area contributed by atoms with Crippen LogP contribution in [0.25, 0.3) is 33.1 Å². The zero-order valence-electron chi connectivity index (χ0n) is 12.4. The van der Waals surface area contributed by atoms with Gasteiger partial charge in [-0.05, 0) is 22.9 Å². The molecule has 1 aromatic heterocycles. The van der Waals surface area contributed by atoms with E-state index >= 15 is 0 Å². The molecule has 4 aromatic rings. The minimum atomic E-state index is -0.672. The van der Waals surface area contributed by atoms with Crippen LogP contribution in [0.5, 0.6) is 17.2 Å². The van der Waals surface area contributed by atoms with Crippen molar-refractivity contribution in [1.82, 2.24) is 0 Å². The van der Waals surface area contributed by atoms with Crippen molar-refractivity contribution in [3.05, 3.63) is 64.8 Å². The van der Waals surface area contributed by atoms with E-state index in [0.717, 1.165) is 22.9 Å². The smallest absolute Gasteiger partial charge is 0.235 e. The summed E-state index contributed by atoms with van der Waals surface area (Å²) in [5, 5.41) is 31.3. The topological polar surface area (TPSA) is 90.9 Å². The first-order chi connectivity index (χ1) is 11.5. The molecular weight excluding hydrogens is 308 g/mol. The molecule has 0 fully saturated rings. The standard InChI is InChI=1S/C19H12O5/c20-14-8-13-16(9-15(14)21)24-19(18(23)17(13)22)12-6-5-10-3-1-2-4-11(10)7-12/h1-9,20-21,23H. The van der Waals surface area contributed by atoms with Crippen molar-refractivity contribution >= 4 is 21.7 Å². The van der Waals surface area contributed by atoms with E-state index in [-0.39, 0.29) is 16.7 Å². The van der Waals surface area contributed by atoms with Crippen LogP contribution in [0.1, 0.15) is 0 Å². The van der Waals surface area contributed by atoms with Gasteiger partial charge in [0, 0.05) is 11.6 Å². The number of rotatable bonds is 1. The largest absolute Gasteiger partial charge is 0.504 e. The van der Waals surface area contributed by atoms with Gasteiger partial charge in [-0.25, -0.2) is 0 Å². The lowest BCUT2D eigenvalue weighted by molar-refractivity contribution is 0.403. The molecule has 0 atom stereocenters. The molecule has 24 heavy (non-hydrogen) atoms. The summed E-state index contributed by atoms with van der Waals surface area (Å²) in [6, 6.07) is 15.3. The lowest BCUT2D eigenvalue weighted by Gasteiger charge is -2.08. The average Bonchev–Trinajstić information content (AvgIpc) is 2.59. The van der Waals surface area contributed by atoms with Gasteiger partial charge in [-0.15, -0.1) is 0 Å². The lowest BCUT2D eigenvalue weighted by Crippen LogP contribution is -2.02. The number of fused-ring (bicyclic) bond motifs is 2. The highest BCUT2D eigenvalue weighted by atomic mass is 16.4. The molecular formula is C19H12O5. The van der Waals surface area contributed by atoms with E-state index in [4.69, 9.17) is 4.42 Å². The van der Waals surface area contributed by atoms with Crippen molar-refractivity contribution in [2.75, 3.05) is 0 Å². The SMILES string of the molecule is O=c1c(O)c(-c2ccc3ccccc3c2)oc2cc(O)c(O)cc12. The monoisotopic (exact) mass is 320 g/mol. The van der Waals surface area contributed by atoms with Crippen LogP contribution in [0, 0.1) is 0 Å². The van der Waals surface area contributed by atoms with Gasteiger partial charge < -0.3 is 19.7 Å². The van der Waals surface area contributed by atoms with E-state index in [1.54, 1.807) is 12.1 Å². The van der Waals surface area contributed by atoms with Crippen molar-refractivity contribution < 1.29 is 19.7 Å². The molecule has 0 amide bonds. The van der Waals surface area contributed by atoms with Gasteiger partial charge in [0.15, 0.2) is 17.3 Å². The van der Waals surface area contributed by atoms with E-state index in [0.29, 0.717) is 5.56 Å². The molecule has 5 nitrogen and oxygen atoms in total. The van der Waals surface area contributed by atoms with E-state index in [9.17, 15) is 20.1 Å². The van der Waals surface area contributed by atoms with Crippen LogP contribution < -0.4 is 5.43 Å². The van der Waals surface area contributed by atoms with Crippen molar-refractivity contribution in [1.29, 1.82) is 0 Å². The molecule has 118 valence electrons. The summed E-state index contributed by atoms with van der Waals surface area (Å²) in [6.45, 7) is 0. The fraction of sp³-hybridized carbons (Fsp3) is 0. The molecule has 0 aliphatic rings. The van der Waals surface area contributed by atoms with Gasteiger partial charge in [0.1, 0.15) is 5.58 Å². The van der Waals surface area contributed by atoms with Gasteiger partial charge in [0.25, 0.3) is 0 Å². The number of aromatic hydroxyl groups is 3. The molecule has 0 unspecified atom stereocenters. The average molecular weight is 320 g/mol. The maximum Gasteiger partial charge on any atom is 0.235 e. The molecule has 5 heteroatoms. The Hall–Kier alpha value is -3.47. The fourth-order valence-electron chi connectivity index (χ4n) is 2.73. The molecule has 0 aliphatic carbocycles. The van der Waals surface area contributed by atoms with Crippen LogP contribution in [0.15, 0.2) is 63.8 Å². The molecule has 0 bridgehead atoms. The van der Waals surface area contributed by atoms with Gasteiger partial charge in [0.05, 0.1) is 5.39 Å². The van der Waals surface area contributed by atoms with Gasteiger partial charge in [-0.1, -0.05) is 36.4 Å². The highest BCUT2D eigenvalue weighted by molar-refractivity contribution is 5.89. The third-order valence-corrected chi connectivity index (χ3v) is 3.98. The molecule has 1 heterocycles. The number of phenolic OH excluding ortho intramolecular Hbond substituents is 2. The van der Waals surface area contributed by atoms with E-state index in [1.807, 2.05) is 30.3 Å². The molecule has 0 saturated carbocycles. The third-order valence-electron chi connectivity index (χ3n) is 3.98. The Morgan fingerprint density at radius 2 is 1.50 bits per heavy atom. The normalized spacial score (nSPS) is 11.2. The summed E-state index contributed by atoms with van der Waals surface area (Å²) in [5.41, 5.74) is -0.0521. The van der Waals surface area contributed by atoms with Gasteiger partial charge in [-0.3, -0.25) is 4.79 Å². The minimum Gasteiger partial charge on any atom is -0.504 e. The first kappa shape index (κ1) is 14.1. The van der Waals surface area contributed by atoms with Crippen LogP contribution in [0.3, 0.4) is 0 Å². The molecule has 3 N–H and O–H groups in total. The zero-order valence-corrected chi connectivity index (χ0v) is 12.4. The predicted octanol–water partition coefficient (Wildman–Crippen LogP) is 3.73. The molecule has 0 spiro atoms. The van der Waals surface area contributed by atoms with Crippen LogP contribution >= 0.6 is 0 Å². The van der Waals surface area contributed by atoms with Crippen LogP contribution in [-0.4, -0.2) is 15.3 Å². The Morgan fingerprint density at radius 3 is 2.29 bits per heavy atom. The van der Waals surface area contributed by atoms with E-state index in [1.165, 1.54) is 0 Å². The quantitative estimate of drug-likeness (QED) is 0.465. The summed E-state index contributed by atoms with van der Waals surface area (Å²) in [6.07, 6.45) is 0. The predicted molar refractivity (Wildman–Crippen MR) is 90.4 cm³/mol. The van der Waals surface area contributed by atoms with Gasteiger partial charge in [-0.2, -0.15) is 0 Å². The summed E-state index contributed by atoms with van der Waals surface area (Å²) in [5.74, 6) is -1.38. The Bertz CT molecular complexity index is 1160. The zero-order chi connectivity index (χ0) is 16.8. The molecule has 4 rings (SSSR count). The molecule has 0 saturated heterocycles. The van der Waals surface area contributed by atoms with E-state index in [2.05, 4.69) is 0 Å². The second-order valence-corrected chi connectivity index (χ2v) is 5.51. The Balaban J connectivity index is 2.03. The van der Waals surface area contributed by atoms with Crippen molar-refractivity contribution in [2.45, 2.75) is 0 Å². The van der Waals surface area contributed by atoms with Crippen LogP contribution in [-0.2, 0) is 0 Å². The second-order valence-electron chi connectivity index (χ2n) is 5.51. The first-order valence-corrected chi connectivity index (χ1v) is 7.25. The molecule has 3 aromatic carbocycles. The maximum absolute atomic E-state index is 12.3. The number of hydrogen-bond acceptors (Lipinski definition) is 5. The molecule has 0 aliphatic heterocycles. The Labute approximate surface area is 135 Å². The summed E-state index contributed by atoms with van der Waals surface area (Å²) in [7, 11) is 0. The Morgan fingerprint density at radius 1 is 0.792 bits per heavy atom. The van der Waals surface area contributed by atoms with Crippen molar-refractivity contribution in [3.8, 4) is 28.6 Å². The number of benzene rings is 3. The summed E-state index contributed by atoms with van der Waals surface area (Å²) >= 11 is 0. The lowest BCUT2D eigenvalue weighted by atomic mass is 10.0. The summed E-state index contributed by atoms with van der Waals surface area (Å²) in [4.78, 5) is 12.3. The fourth-order valence-corrected chi connectivity index (χ4v) is 2.73. The third kappa shape index (κ3) is 2.06. The summed E-state index contributed by atoms with van der Waals surface area (Å²) < 4.78 is 5.62. The number of hydrogen-bond donors (Lipinski definition) is 3. The Kier molecular flexibility index (Phi) is 2.96.